The molecule has 1 aromatic carbocycles. The van der Waals surface area contributed by atoms with Crippen molar-refractivity contribution in [2.24, 2.45) is 22.0 Å². The first kappa shape index (κ1) is 13.5. The Morgan fingerprint density at radius 3 is 2.77 bits per heavy atom. The smallest absolute Gasteiger partial charge is 0.236 e. The maximum atomic E-state index is 11.1. The van der Waals surface area contributed by atoms with Crippen LogP contribution in [0.2, 0.25) is 0 Å². The number of carbonyl (C=O) groups excluding carboxylic acids is 1. The lowest BCUT2D eigenvalue weighted by Gasteiger charge is -2.13. The van der Waals surface area contributed by atoms with Gasteiger partial charge in [0, 0.05) is 11.8 Å². The molecule has 1 heterocycles. The predicted molar refractivity (Wildman–Crippen MR) is 90.6 cm³/mol. The van der Waals surface area contributed by atoms with Gasteiger partial charge in [0.1, 0.15) is 0 Å². The van der Waals surface area contributed by atoms with Gasteiger partial charge in [-0.3, -0.25) is 4.79 Å². The Bertz CT molecular complexity index is 734. The minimum atomic E-state index is -0.00834. The monoisotopic (exact) mass is 309 g/mol. The second-order valence-electron chi connectivity index (χ2n) is 5.56. The summed E-state index contributed by atoms with van der Waals surface area (Å²) in [6.07, 6.45) is 7.54. The van der Waals surface area contributed by atoms with Crippen molar-refractivity contribution in [3.63, 3.8) is 0 Å². The lowest BCUT2D eigenvalue weighted by molar-refractivity contribution is -0.116. The normalized spacial score (nSPS) is 28.4. The highest BCUT2D eigenvalue weighted by molar-refractivity contribution is 8.15. The molecule has 2 atom stereocenters. The van der Waals surface area contributed by atoms with E-state index < -0.39 is 0 Å². The van der Waals surface area contributed by atoms with Crippen LogP contribution >= 0.6 is 11.8 Å². The molecule has 2 unspecified atom stereocenters. The molecule has 4 rings (SSSR count). The first-order valence-corrected chi connectivity index (χ1v) is 8.31. The summed E-state index contributed by atoms with van der Waals surface area (Å²) >= 11 is 1.39. The fraction of sp³-hybridized carbons (Fsp3) is 0.235. The highest BCUT2D eigenvalue weighted by Gasteiger charge is 2.34. The van der Waals surface area contributed by atoms with Gasteiger partial charge in [0.25, 0.3) is 0 Å². The van der Waals surface area contributed by atoms with E-state index in [1.165, 1.54) is 28.5 Å². The molecule has 1 saturated heterocycles. The Hall–Kier alpha value is -2.14. The van der Waals surface area contributed by atoms with E-state index in [0.29, 0.717) is 22.8 Å². The van der Waals surface area contributed by atoms with Crippen molar-refractivity contribution in [1.82, 2.24) is 5.32 Å². The van der Waals surface area contributed by atoms with Gasteiger partial charge in [0.15, 0.2) is 5.17 Å². The number of carbonyl (C=O) groups is 1. The van der Waals surface area contributed by atoms with Crippen LogP contribution in [0.4, 0.5) is 0 Å². The van der Waals surface area contributed by atoms with Gasteiger partial charge in [-0.15, -0.1) is 5.10 Å². The molecule has 22 heavy (non-hydrogen) atoms. The molecule has 1 aliphatic heterocycles. The zero-order chi connectivity index (χ0) is 14.9. The molecule has 1 fully saturated rings. The second-order valence-corrected chi connectivity index (χ2v) is 6.52. The van der Waals surface area contributed by atoms with Crippen LogP contribution in [0.3, 0.4) is 0 Å². The molecule has 2 bridgehead atoms. The van der Waals surface area contributed by atoms with Crippen molar-refractivity contribution in [2.75, 3.05) is 5.75 Å². The number of nitrogens with one attached hydrogen (secondary N) is 1. The Labute approximate surface area is 133 Å². The summed E-state index contributed by atoms with van der Waals surface area (Å²) in [5.41, 5.74) is 3.87. The number of thioether (sulfide) groups is 1. The molecule has 2 aliphatic carbocycles. The largest absolute Gasteiger partial charge is 0.303 e. The summed E-state index contributed by atoms with van der Waals surface area (Å²) in [6.45, 7) is 0. The van der Waals surface area contributed by atoms with Gasteiger partial charge in [-0.1, -0.05) is 54.2 Å². The fourth-order valence-corrected chi connectivity index (χ4v) is 3.87. The number of rotatable bonds is 3. The van der Waals surface area contributed by atoms with Gasteiger partial charge in [-0.05, 0) is 23.1 Å². The lowest BCUT2D eigenvalue weighted by atomic mass is 9.92. The van der Waals surface area contributed by atoms with Crippen molar-refractivity contribution in [3.8, 4) is 0 Å². The Kier molecular flexibility index (Phi) is 3.42. The summed E-state index contributed by atoms with van der Waals surface area (Å²) < 4.78 is 0. The van der Waals surface area contributed by atoms with Crippen molar-refractivity contribution in [3.05, 3.63) is 53.6 Å². The van der Waals surface area contributed by atoms with Crippen LogP contribution in [0, 0.1) is 11.8 Å². The van der Waals surface area contributed by atoms with Crippen molar-refractivity contribution >= 4 is 34.6 Å². The van der Waals surface area contributed by atoms with Gasteiger partial charge < -0.3 is 5.32 Å². The Balaban J connectivity index is 1.63. The maximum absolute atomic E-state index is 11.1. The van der Waals surface area contributed by atoms with Crippen LogP contribution in [-0.2, 0) is 4.79 Å². The molecule has 1 aromatic rings. The Morgan fingerprint density at radius 1 is 1.18 bits per heavy atom. The van der Waals surface area contributed by atoms with Crippen molar-refractivity contribution in [2.45, 2.75) is 6.42 Å². The van der Waals surface area contributed by atoms with Crippen LogP contribution in [-0.4, -0.2) is 23.0 Å². The topological polar surface area (TPSA) is 53.8 Å². The number of amides is 1. The standard InChI is InChI=1S/C17H15N3OS/c21-15-10-22-17(19-15)20-18-9-14-12-6-7-13(8-12)16(14)11-4-2-1-3-5-11/h1-7,9,12-13H,8,10H2,(H,19,20,21)/b18-9+. The maximum Gasteiger partial charge on any atom is 0.236 e. The summed E-state index contributed by atoms with van der Waals surface area (Å²) in [4.78, 5) is 11.1. The molecular weight excluding hydrogens is 294 g/mol. The average molecular weight is 309 g/mol. The third kappa shape index (κ3) is 2.41. The summed E-state index contributed by atoms with van der Waals surface area (Å²) in [7, 11) is 0. The SMILES string of the molecule is O=C1CS/C(=N\N=C\C2=C(c3ccccc3)C3C=CC2C3)N1. The van der Waals surface area contributed by atoms with E-state index in [0.717, 1.165) is 6.42 Å². The first-order valence-electron chi connectivity index (χ1n) is 7.33. The number of hydrogen-bond acceptors (Lipinski definition) is 4. The van der Waals surface area contributed by atoms with E-state index in [1.54, 1.807) is 0 Å². The second kappa shape index (κ2) is 5.57. The molecule has 1 amide bonds. The predicted octanol–water partition coefficient (Wildman–Crippen LogP) is 2.85. The third-order valence-corrected chi connectivity index (χ3v) is 5.05. The number of amidine groups is 1. The molecule has 0 spiro atoms. The number of allylic oxidation sites excluding steroid dienone is 4. The molecule has 110 valence electrons. The minimum absolute atomic E-state index is 0.00834. The molecule has 1 N–H and O–H groups in total. The van der Waals surface area contributed by atoms with Gasteiger partial charge in [0.05, 0.1) is 12.0 Å². The van der Waals surface area contributed by atoms with Crippen LogP contribution in [0.25, 0.3) is 5.57 Å². The van der Waals surface area contributed by atoms with Crippen molar-refractivity contribution in [1.29, 1.82) is 0 Å². The van der Waals surface area contributed by atoms with E-state index in [2.05, 4.69) is 51.9 Å². The molecular formula is C17H15N3OS. The quantitative estimate of drug-likeness (QED) is 0.530. The number of nitrogens with zero attached hydrogens (tertiary/aromatic N) is 2. The average Bonchev–Trinajstić information content (AvgIpc) is 3.24. The van der Waals surface area contributed by atoms with Crippen LogP contribution in [0.15, 0.2) is 58.3 Å². The molecule has 4 nitrogen and oxygen atoms in total. The number of benzene rings is 1. The van der Waals surface area contributed by atoms with Crippen molar-refractivity contribution < 1.29 is 4.79 Å². The van der Waals surface area contributed by atoms with E-state index in [9.17, 15) is 4.79 Å². The van der Waals surface area contributed by atoms with Crippen LogP contribution in [0.5, 0.6) is 0 Å². The summed E-state index contributed by atoms with van der Waals surface area (Å²) in [5.74, 6) is 1.35. The van der Waals surface area contributed by atoms with Crippen LogP contribution < -0.4 is 5.32 Å². The van der Waals surface area contributed by atoms with Gasteiger partial charge in [0.2, 0.25) is 5.91 Å². The van der Waals surface area contributed by atoms with Gasteiger partial charge in [-0.2, -0.15) is 5.10 Å². The molecule has 0 saturated carbocycles. The zero-order valence-corrected chi connectivity index (χ0v) is 12.7. The third-order valence-electron chi connectivity index (χ3n) is 4.18. The molecule has 0 aromatic heterocycles. The zero-order valence-electron chi connectivity index (χ0n) is 11.9. The molecule has 3 aliphatic rings. The van der Waals surface area contributed by atoms with E-state index in [-0.39, 0.29) is 5.91 Å². The van der Waals surface area contributed by atoms with E-state index >= 15 is 0 Å². The van der Waals surface area contributed by atoms with Gasteiger partial charge >= 0.3 is 0 Å². The molecule has 5 heteroatoms. The highest BCUT2D eigenvalue weighted by atomic mass is 32.2. The molecule has 0 radical (unpaired) electrons. The summed E-state index contributed by atoms with van der Waals surface area (Å²) in [6, 6.07) is 10.5. The fourth-order valence-electron chi connectivity index (χ4n) is 3.24. The highest BCUT2D eigenvalue weighted by Crippen LogP contribution is 2.47. The first-order chi connectivity index (χ1) is 10.8. The van der Waals surface area contributed by atoms with E-state index in [1.807, 2.05) is 12.3 Å². The van der Waals surface area contributed by atoms with Gasteiger partial charge in [-0.25, -0.2) is 0 Å². The number of hydrogen-bond donors (Lipinski definition) is 1. The summed E-state index contributed by atoms with van der Waals surface area (Å²) in [5, 5.41) is 11.6. The van der Waals surface area contributed by atoms with Crippen LogP contribution in [0.1, 0.15) is 12.0 Å². The Morgan fingerprint density at radius 2 is 2.00 bits per heavy atom. The minimum Gasteiger partial charge on any atom is -0.303 e. The number of fused-ring (bicyclic) bond motifs is 2. The van der Waals surface area contributed by atoms with E-state index in [4.69, 9.17) is 0 Å². The lowest BCUT2D eigenvalue weighted by Crippen LogP contribution is -2.19.